The fraction of sp³-hybridized carbons (Fsp3) is 1.00. The number of nitrogens with two attached hydrogens (primary N) is 1. The summed E-state index contributed by atoms with van der Waals surface area (Å²) in [6.45, 7) is 9.15. The van der Waals surface area contributed by atoms with Crippen LogP contribution in [0.2, 0.25) is 0 Å². The monoisotopic (exact) mass is 170 g/mol. The number of nitrogens with zero attached hydrogens (tertiary/aromatic N) is 1. The molecule has 2 heteroatoms. The van der Waals surface area contributed by atoms with Gasteiger partial charge < -0.3 is 10.6 Å². The highest BCUT2D eigenvalue weighted by Crippen LogP contribution is 2.20. The Bertz CT molecular complexity index is 108. The van der Waals surface area contributed by atoms with Crippen molar-refractivity contribution in [3.63, 3.8) is 0 Å². The second kappa shape index (κ2) is 4.24. The number of piperidine rings is 1. The fourth-order valence-electron chi connectivity index (χ4n) is 1.96. The quantitative estimate of drug-likeness (QED) is 0.679. The van der Waals surface area contributed by atoms with Crippen LogP contribution in [0.5, 0.6) is 0 Å². The van der Waals surface area contributed by atoms with Crippen LogP contribution < -0.4 is 5.73 Å². The first-order chi connectivity index (χ1) is 5.61. The summed E-state index contributed by atoms with van der Waals surface area (Å²) in [6.07, 6.45) is 2.58. The van der Waals surface area contributed by atoms with E-state index in [1.807, 2.05) is 0 Å². The van der Waals surface area contributed by atoms with Gasteiger partial charge in [-0.15, -0.1) is 0 Å². The average molecular weight is 170 g/mol. The molecule has 2 nitrogen and oxygen atoms in total. The Hall–Kier alpha value is -0.0800. The van der Waals surface area contributed by atoms with Gasteiger partial charge in [0.1, 0.15) is 0 Å². The summed E-state index contributed by atoms with van der Waals surface area (Å²) in [5, 5.41) is 0. The van der Waals surface area contributed by atoms with Crippen LogP contribution in [-0.2, 0) is 0 Å². The Morgan fingerprint density at radius 3 is 2.00 bits per heavy atom. The maximum atomic E-state index is 5.87. The number of hydrogen-bond donors (Lipinski definition) is 1. The highest BCUT2D eigenvalue weighted by Gasteiger charge is 2.22. The summed E-state index contributed by atoms with van der Waals surface area (Å²) in [7, 11) is 0. The van der Waals surface area contributed by atoms with Gasteiger partial charge in [0.15, 0.2) is 0 Å². The van der Waals surface area contributed by atoms with E-state index in [9.17, 15) is 0 Å². The fourth-order valence-corrected chi connectivity index (χ4v) is 1.96. The third-order valence-electron chi connectivity index (χ3n) is 3.05. The minimum atomic E-state index is 0.388. The molecule has 12 heavy (non-hydrogen) atoms. The van der Waals surface area contributed by atoms with Gasteiger partial charge in [-0.25, -0.2) is 0 Å². The minimum absolute atomic E-state index is 0.388. The van der Waals surface area contributed by atoms with Crippen molar-refractivity contribution in [3.8, 4) is 0 Å². The molecule has 72 valence electrons. The maximum Gasteiger partial charge on any atom is 0.00397 e. The molecule has 1 aliphatic rings. The van der Waals surface area contributed by atoms with Crippen LogP contribution in [0, 0.1) is 5.92 Å². The summed E-state index contributed by atoms with van der Waals surface area (Å²) in [6, 6.07) is 1.10. The molecule has 1 heterocycles. The van der Waals surface area contributed by atoms with Crippen molar-refractivity contribution < 1.29 is 0 Å². The molecule has 1 unspecified atom stereocenters. The van der Waals surface area contributed by atoms with Gasteiger partial charge in [0.25, 0.3) is 0 Å². The van der Waals surface area contributed by atoms with E-state index in [2.05, 4.69) is 25.7 Å². The van der Waals surface area contributed by atoms with E-state index in [4.69, 9.17) is 5.73 Å². The van der Waals surface area contributed by atoms with E-state index < -0.39 is 0 Å². The Kier molecular flexibility index (Phi) is 3.53. The van der Waals surface area contributed by atoms with Crippen LogP contribution in [0.15, 0.2) is 0 Å². The molecule has 1 atom stereocenters. The molecule has 0 aliphatic carbocycles. The molecular formula is C10H22N2. The second-order valence-electron chi connectivity index (χ2n) is 4.33. The number of rotatable bonds is 2. The Morgan fingerprint density at radius 2 is 1.67 bits per heavy atom. The summed E-state index contributed by atoms with van der Waals surface area (Å²) >= 11 is 0. The van der Waals surface area contributed by atoms with Gasteiger partial charge in [-0.1, -0.05) is 0 Å². The van der Waals surface area contributed by atoms with Gasteiger partial charge in [-0.3, -0.25) is 0 Å². The zero-order chi connectivity index (χ0) is 9.14. The van der Waals surface area contributed by atoms with Crippen LogP contribution in [0.25, 0.3) is 0 Å². The minimum Gasteiger partial charge on any atom is -0.328 e. The van der Waals surface area contributed by atoms with Crippen LogP contribution in [0.4, 0.5) is 0 Å². The lowest BCUT2D eigenvalue weighted by Crippen LogP contribution is -2.42. The van der Waals surface area contributed by atoms with Crippen LogP contribution in [0.3, 0.4) is 0 Å². The molecular weight excluding hydrogens is 148 g/mol. The van der Waals surface area contributed by atoms with Crippen molar-refractivity contribution in [1.29, 1.82) is 0 Å². The maximum absolute atomic E-state index is 5.87. The van der Waals surface area contributed by atoms with Gasteiger partial charge >= 0.3 is 0 Å². The molecule has 0 aromatic heterocycles. The van der Waals surface area contributed by atoms with Gasteiger partial charge in [0.2, 0.25) is 0 Å². The van der Waals surface area contributed by atoms with Gasteiger partial charge in [0, 0.05) is 12.1 Å². The average Bonchev–Trinajstić information content (AvgIpc) is 2.04. The summed E-state index contributed by atoms with van der Waals surface area (Å²) in [4.78, 5) is 2.54. The largest absolute Gasteiger partial charge is 0.328 e. The van der Waals surface area contributed by atoms with Gasteiger partial charge in [-0.05, 0) is 52.6 Å². The summed E-state index contributed by atoms with van der Waals surface area (Å²) in [5.41, 5.74) is 5.87. The predicted molar refractivity (Wildman–Crippen MR) is 53.1 cm³/mol. The SMILES string of the molecule is CC(N)C1CCN(C(C)C)CC1. The van der Waals surface area contributed by atoms with Crippen molar-refractivity contribution >= 4 is 0 Å². The van der Waals surface area contributed by atoms with Gasteiger partial charge in [-0.2, -0.15) is 0 Å². The molecule has 0 saturated carbocycles. The van der Waals surface area contributed by atoms with Crippen molar-refractivity contribution in [2.45, 2.75) is 45.7 Å². The number of hydrogen-bond acceptors (Lipinski definition) is 2. The molecule has 0 aromatic carbocycles. The van der Waals surface area contributed by atoms with E-state index in [0.717, 1.165) is 5.92 Å². The van der Waals surface area contributed by atoms with Crippen molar-refractivity contribution in [2.24, 2.45) is 11.7 Å². The van der Waals surface area contributed by atoms with Crippen molar-refractivity contribution in [1.82, 2.24) is 4.90 Å². The first-order valence-electron chi connectivity index (χ1n) is 5.11. The van der Waals surface area contributed by atoms with E-state index in [1.165, 1.54) is 25.9 Å². The Balaban J connectivity index is 2.30. The molecule has 1 aliphatic heterocycles. The first kappa shape index (κ1) is 10.0. The lowest BCUT2D eigenvalue weighted by Gasteiger charge is -2.36. The third kappa shape index (κ3) is 2.46. The van der Waals surface area contributed by atoms with E-state index >= 15 is 0 Å². The van der Waals surface area contributed by atoms with E-state index in [1.54, 1.807) is 0 Å². The third-order valence-corrected chi connectivity index (χ3v) is 3.05. The number of likely N-dealkylation sites (tertiary alicyclic amines) is 1. The molecule has 0 bridgehead atoms. The molecule has 1 rings (SSSR count). The van der Waals surface area contributed by atoms with Crippen LogP contribution >= 0.6 is 0 Å². The predicted octanol–water partition coefficient (Wildman–Crippen LogP) is 1.45. The molecule has 1 saturated heterocycles. The summed E-state index contributed by atoms with van der Waals surface area (Å²) < 4.78 is 0. The van der Waals surface area contributed by atoms with Crippen molar-refractivity contribution in [3.05, 3.63) is 0 Å². The molecule has 2 N–H and O–H groups in total. The van der Waals surface area contributed by atoms with E-state index in [-0.39, 0.29) is 0 Å². The molecule has 0 spiro atoms. The molecule has 1 fully saturated rings. The zero-order valence-electron chi connectivity index (χ0n) is 8.59. The van der Waals surface area contributed by atoms with Crippen LogP contribution in [-0.4, -0.2) is 30.1 Å². The lowest BCUT2D eigenvalue weighted by atomic mass is 9.90. The smallest absolute Gasteiger partial charge is 0.00397 e. The summed E-state index contributed by atoms with van der Waals surface area (Å²) in [5.74, 6) is 0.764. The lowest BCUT2D eigenvalue weighted by molar-refractivity contribution is 0.140. The van der Waals surface area contributed by atoms with Crippen LogP contribution in [0.1, 0.15) is 33.6 Å². The van der Waals surface area contributed by atoms with Gasteiger partial charge in [0.05, 0.1) is 0 Å². The molecule has 0 amide bonds. The highest BCUT2D eigenvalue weighted by atomic mass is 15.1. The molecule has 0 aromatic rings. The Labute approximate surface area is 76.1 Å². The second-order valence-corrected chi connectivity index (χ2v) is 4.33. The standard InChI is InChI=1S/C10H22N2/c1-8(2)12-6-4-10(5-7-12)9(3)11/h8-10H,4-7,11H2,1-3H3. The Morgan fingerprint density at radius 1 is 1.17 bits per heavy atom. The normalized spacial score (nSPS) is 24.8. The van der Waals surface area contributed by atoms with Crippen molar-refractivity contribution in [2.75, 3.05) is 13.1 Å². The topological polar surface area (TPSA) is 29.3 Å². The first-order valence-corrected chi connectivity index (χ1v) is 5.11. The molecule has 0 radical (unpaired) electrons. The van der Waals surface area contributed by atoms with E-state index in [0.29, 0.717) is 12.1 Å². The highest BCUT2D eigenvalue weighted by molar-refractivity contribution is 4.78. The zero-order valence-corrected chi connectivity index (χ0v) is 8.59.